The number of hydrogen-bond donors (Lipinski definition) is 1. The van der Waals surface area contributed by atoms with Crippen LogP contribution in [-0.2, 0) is 9.53 Å². The number of benzene rings is 2. The standard InChI is InChI=1S/C16H12Cl3NO4/c1-23-16(22)10-4-2-3-5-13(10)24-8-14(21)20-15-11(18)6-9(17)7-12(15)19/h2-7H,8H2,1H3,(H,20,21). The Kier molecular flexibility index (Phi) is 6.31. The molecule has 126 valence electrons. The van der Waals surface area contributed by atoms with E-state index in [1.165, 1.54) is 25.3 Å². The van der Waals surface area contributed by atoms with Crippen molar-refractivity contribution in [1.29, 1.82) is 0 Å². The molecular weight excluding hydrogens is 377 g/mol. The molecule has 2 aromatic rings. The smallest absolute Gasteiger partial charge is 0.341 e. The van der Waals surface area contributed by atoms with Crippen LogP contribution in [0.2, 0.25) is 15.1 Å². The van der Waals surface area contributed by atoms with E-state index in [4.69, 9.17) is 39.5 Å². The molecule has 5 nitrogen and oxygen atoms in total. The van der Waals surface area contributed by atoms with Crippen molar-refractivity contribution >= 4 is 52.4 Å². The van der Waals surface area contributed by atoms with Gasteiger partial charge in [0.1, 0.15) is 11.3 Å². The number of esters is 1. The third kappa shape index (κ3) is 4.54. The highest BCUT2D eigenvalue weighted by molar-refractivity contribution is 6.42. The third-order valence-electron chi connectivity index (χ3n) is 2.92. The van der Waals surface area contributed by atoms with Crippen molar-refractivity contribution in [3.8, 4) is 5.75 Å². The number of rotatable bonds is 5. The molecule has 0 saturated heterocycles. The van der Waals surface area contributed by atoms with Crippen LogP contribution >= 0.6 is 34.8 Å². The summed E-state index contributed by atoms with van der Waals surface area (Å²) in [6, 6.07) is 9.34. The van der Waals surface area contributed by atoms with Crippen molar-refractivity contribution in [1.82, 2.24) is 0 Å². The summed E-state index contributed by atoms with van der Waals surface area (Å²) >= 11 is 17.8. The molecule has 0 aliphatic heterocycles. The van der Waals surface area contributed by atoms with E-state index in [-0.39, 0.29) is 33.7 Å². The number of carbonyl (C=O) groups excluding carboxylic acids is 2. The van der Waals surface area contributed by atoms with Crippen LogP contribution in [0, 0.1) is 0 Å². The first-order chi connectivity index (χ1) is 11.4. The summed E-state index contributed by atoms with van der Waals surface area (Å²) in [4.78, 5) is 23.7. The summed E-state index contributed by atoms with van der Waals surface area (Å²) in [5.41, 5.74) is 0.452. The highest BCUT2D eigenvalue weighted by Gasteiger charge is 2.15. The molecule has 1 amide bonds. The number of para-hydroxylation sites is 1. The van der Waals surface area contributed by atoms with E-state index in [9.17, 15) is 9.59 Å². The molecule has 0 aliphatic rings. The van der Waals surface area contributed by atoms with Crippen molar-refractivity contribution < 1.29 is 19.1 Å². The molecule has 0 spiro atoms. The Labute approximate surface area is 153 Å². The van der Waals surface area contributed by atoms with Gasteiger partial charge in [0.05, 0.1) is 22.8 Å². The Balaban J connectivity index is 2.06. The van der Waals surface area contributed by atoms with Gasteiger partial charge in [0.25, 0.3) is 5.91 Å². The topological polar surface area (TPSA) is 64.6 Å². The van der Waals surface area contributed by atoms with E-state index in [0.717, 1.165) is 0 Å². The number of methoxy groups -OCH3 is 1. The monoisotopic (exact) mass is 387 g/mol. The zero-order valence-corrected chi connectivity index (χ0v) is 14.7. The maximum Gasteiger partial charge on any atom is 0.341 e. The van der Waals surface area contributed by atoms with Crippen LogP contribution in [0.4, 0.5) is 5.69 Å². The molecule has 0 fully saturated rings. The van der Waals surface area contributed by atoms with Gasteiger partial charge < -0.3 is 14.8 Å². The zero-order chi connectivity index (χ0) is 17.7. The summed E-state index contributed by atoms with van der Waals surface area (Å²) < 4.78 is 10.0. The molecule has 0 unspecified atom stereocenters. The van der Waals surface area contributed by atoms with Gasteiger partial charge in [-0.15, -0.1) is 0 Å². The van der Waals surface area contributed by atoms with E-state index in [0.29, 0.717) is 5.02 Å². The van der Waals surface area contributed by atoms with Crippen LogP contribution in [0.1, 0.15) is 10.4 Å². The van der Waals surface area contributed by atoms with E-state index < -0.39 is 11.9 Å². The van der Waals surface area contributed by atoms with Crippen LogP contribution in [0.25, 0.3) is 0 Å². The molecule has 2 rings (SSSR count). The molecule has 0 atom stereocenters. The van der Waals surface area contributed by atoms with Gasteiger partial charge in [-0.3, -0.25) is 4.79 Å². The second-order valence-corrected chi connectivity index (χ2v) is 5.82. The molecule has 8 heteroatoms. The number of nitrogens with one attached hydrogen (secondary N) is 1. The van der Waals surface area contributed by atoms with Crippen LogP contribution in [0.5, 0.6) is 5.75 Å². The van der Waals surface area contributed by atoms with Gasteiger partial charge in [-0.2, -0.15) is 0 Å². The van der Waals surface area contributed by atoms with Crippen molar-refractivity contribution in [2.75, 3.05) is 19.0 Å². The Morgan fingerprint density at radius 1 is 1.08 bits per heavy atom. The summed E-state index contributed by atoms with van der Waals surface area (Å²) in [6.07, 6.45) is 0. The fourth-order valence-corrected chi connectivity index (χ4v) is 2.76. The fraction of sp³-hybridized carbons (Fsp3) is 0.125. The Hall–Kier alpha value is -1.95. The minimum absolute atomic E-state index is 0.204. The lowest BCUT2D eigenvalue weighted by atomic mass is 10.2. The Morgan fingerprint density at radius 2 is 1.71 bits per heavy atom. The van der Waals surface area contributed by atoms with Gasteiger partial charge in [0, 0.05) is 5.02 Å². The minimum atomic E-state index is -0.560. The number of hydrogen-bond acceptors (Lipinski definition) is 4. The van der Waals surface area contributed by atoms with Gasteiger partial charge in [-0.25, -0.2) is 4.79 Å². The van der Waals surface area contributed by atoms with Crippen LogP contribution in [0.15, 0.2) is 36.4 Å². The summed E-state index contributed by atoms with van der Waals surface area (Å²) in [6.45, 7) is -0.344. The number of halogens is 3. The molecule has 0 aromatic heterocycles. The molecule has 24 heavy (non-hydrogen) atoms. The summed E-state index contributed by atoms with van der Waals surface area (Å²) in [5, 5.41) is 3.30. The number of anilines is 1. The molecule has 0 aliphatic carbocycles. The zero-order valence-electron chi connectivity index (χ0n) is 12.4. The Morgan fingerprint density at radius 3 is 2.33 bits per heavy atom. The second kappa shape index (κ2) is 8.24. The van der Waals surface area contributed by atoms with Crippen LogP contribution in [0.3, 0.4) is 0 Å². The summed E-state index contributed by atoms with van der Waals surface area (Å²) in [7, 11) is 1.26. The largest absolute Gasteiger partial charge is 0.483 e. The predicted octanol–water partition coefficient (Wildman–Crippen LogP) is 4.45. The van der Waals surface area contributed by atoms with Crippen molar-refractivity contribution in [3.05, 3.63) is 57.0 Å². The molecule has 0 radical (unpaired) electrons. The first-order valence-electron chi connectivity index (χ1n) is 6.67. The van der Waals surface area contributed by atoms with Crippen LogP contribution < -0.4 is 10.1 Å². The van der Waals surface area contributed by atoms with Crippen molar-refractivity contribution in [3.63, 3.8) is 0 Å². The van der Waals surface area contributed by atoms with E-state index in [2.05, 4.69) is 10.1 Å². The highest BCUT2D eigenvalue weighted by Crippen LogP contribution is 2.33. The lowest BCUT2D eigenvalue weighted by Gasteiger charge is -2.12. The number of ether oxygens (including phenoxy) is 2. The maximum absolute atomic E-state index is 12.0. The normalized spacial score (nSPS) is 10.2. The highest BCUT2D eigenvalue weighted by atomic mass is 35.5. The molecule has 0 bridgehead atoms. The predicted molar refractivity (Wildman–Crippen MR) is 93.4 cm³/mol. The van der Waals surface area contributed by atoms with E-state index in [1.807, 2.05) is 0 Å². The molecule has 0 saturated carbocycles. The number of carbonyl (C=O) groups is 2. The SMILES string of the molecule is COC(=O)c1ccccc1OCC(=O)Nc1c(Cl)cc(Cl)cc1Cl. The number of amides is 1. The average molecular weight is 389 g/mol. The van der Waals surface area contributed by atoms with Gasteiger partial charge in [0.15, 0.2) is 6.61 Å². The quantitative estimate of drug-likeness (QED) is 0.769. The van der Waals surface area contributed by atoms with Crippen LogP contribution in [-0.4, -0.2) is 25.6 Å². The maximum atomic E-state index is 12.0. The average Bonchev–Trinajstić information content (AvgIpc) is 2.55. The van der Waals surface area contributed by atoms with Gasteiger partial charge in [-0.1, -0.05) is 46.9 Å². The first kappa shape index (κ1) is 18.4. The lowest BCUT2D eigenvalue weighted by Crippen LogP contribution is -2.21. The third-order valence-corrected chi connectivity index (χ3v) is 3.74. The minimum Gasteiger partial charge on any atom is -0.483 e. The fourth-order valence-electron chi connectivity index (χ4n) is 1.85. The molecule has 2 aromatic carbocycles. The van der Waals surface area contributed by atoms with E-state index in [1.54, 1.807) is 18.2 Å². The second-order valence-electron chi connectivity index (χ2n) is 4.57. The van der Waals surface area contributed by atoms with E-state index >= 15 is 0 Å². The Bertz CT molecular complexity index is 757. The van der Waals surface area contributed by atoms with Crippen molar-refractivity contribution in [2.45, 2.75) is 0 Å². The van der Waals surface area contributed by atoms with Crippen molar-refractivity contribution in [2.24, 2.45) is 0 Å². The van der Waals surface area contributed by atoms with Gasteiger partial charge >= 0.3 is 5.97 Å². The first-order valence-corrected chi connectivity index (χ1v) is 7.80. The lowest BCUT2D eigenvalue weighted by molar-refractivity contribution is -0.118. The molecule has 1 N–H and O–H groups in total. The van der Waals surface area contributed by atoms with Gasteiger partial charge in [0.2, 0.25) is 0 Å². The molecule has 0 heterocycles. The molecular formula is C16H12Cl3NO4. The summed E-state index contributed by atoms with van der Waals surface area (Å²) in [5.74, 6) is -0.830. The van der Waals surface area contributed by atoms with Gasteiger partial charge in [-0.05, 0) is 24.3 Å².